The topological polar surface area (TPSA) is 54.0 Å². The number of benzene rings is 2. The molecular formula is C19H15ClFN3O. The molecule has 1 amide bonds. The molecule has 6 heteroatoms. The van der Waals surface area contributed by atoms with Crippen LogP contribution in [0.3, 0.4) is 0 Å². The Hall–Kier alpha value is -2.92. The van der Waals surface area contributed by atoms with Gasteiger partial charge in [-0.05, 0) is 36.4 Å². The van der Waals surface area contributed by atoms with Crippen LogP contribution < -0.4 is 10.6 Å². The Morgan fingerprint density at radius 2 is 1.88 bits per heavy atom. The summed E-state index contributed by atoms with van der Waals surface area (Å²) in [6, 6.07) is 16.7. The number of carbonyl (C=O) groups is 1. The van der Waals surface area contributed by atoms with Gasteiger partial charge in [0, 0.05) is 34.7 Å². The van der Waals surface area contributed by atoms with Crippen LogP contribution in [-0.2, 0) is 6.54 Å². The van der Waals surface area contributed by atoms with Crippen molar-refractivity contribution in [2.75, 3.05) is 10.6 Å². The van der Waals surface area contributed by atoms with Crippen molar-refractivity contribution in [2.45, 2.75) is 6.54 Å². The van der Waals surface area contributed by atoms with E-state index in [9.17, 15) is 9.18 Å². The Bertz CT molecular complexity index is 901. The molecule has 0 atom stereocenters. The second-order valence-corrected chi connectivity index (χ2v) is 5.78. The molecule has 0 aliphatic rings. The molecule has 0 aliphatic carbocycles. The highest BCUT2D eigenvalue weighted by atomic mass is 35.5. The van der Waals surface area contributed by atoms with E-state index < -0.39 is 0 Å². The van der Waals surface area contributed by atoms with Crippen LogP contribution in [0.4, 0.5) is 15.8 Å². The summed E-state index contributed by atoms with van der Waals surface area (Å²) in [5.74, 6) is -0.625. The number of aromatic nitrogens is 1. The number of halogens is 2. The Morgan fingerprint density at radius 3 is 2.68 bits per heavy atom. The molecule has 0 spiro atoms. The average Bonchev–Trinajstić information content (AvgIpc) is 2.61. The van der Waals surface area contributed by atoms with Crippen molar-refractivity contribution >= 4 is 28.9 Å². The highest BCUT2D eigenvalue weighted by Gasteiger charge is 2.09. The van der Waals surface area contributed by atoms with E-state index in [0.29, 0.717) is 28.5 Å². The lowest BCUT2D eigenvalue weighted by Crippen LogP contribution is -2.14. The number of nitrogens with one attached hydrogen (secondary N) is 2. The Labute approximate surface area is 149 Å². The fourth-order valence-electron chi connectivity index (χ4n) is 2.27. The van der Waals surface area contributed by atoms with E-state index in [4.69, 9.17) is 11.6 Å². The lowest BCUT2D eigenvalue weighted by atomic mass is 10.2. The van der Waals surface area contributed by atoms with Crippen molar-refractivity contribution < 1.29 is 9.18 Å². The van der Waals surface area contributed by atoms with Crippen molar-refractivity contribution in [2.24, 2.45) is 0 Å². The van der Waals surface area contributed by atoms with Crippen LogP contribution in [-0.4, -0.2) is 10.9 Å². The standard InChI is InChI=1S/C19H15ClFN3O/c20-14-5-3-6-16(10-14)24-19(25)18-11-15(8-9-22-18)23-12-13-4-1-2-7-17(13)21/h1-11H,12H2,(H,22,23)(H,24,25). The number of carbonyl (C=O) groups excluding carboxylic acids is 1. The van der Waals surface area contributed by atoms with Gasteiger partial charge in [-0.1, -0.05) is 35.9 Å². The van der Waals surface area contributed by atoms with Crippen LogP contribution in [0.2, 0.25) is 5.02 Å². The van der Waals surface area contributed by atoms with Crippen LogP contribution >= 0.6 is 11.6 Å². The van der Waals surface area contributed by atoms with Gasteiger partial charge in [0.1, 0.15) is 11.5 Å². The van der Waals surface area contributed by atoms with E-state index in [-0.39, 0.29) is 17.4 Å². The van der Waals surface area contributed by atoms with Crippen molar-refractivity contribution in [3.8, 4) is 0 Å². The summed E-state index contributed by atoms with van der Waals surface area (Å²) in [5, 5.41) is 6.36. The minimum atomic E-state index is -0.350. The third-order valence-corrected chi connectivity index (χ3v) is 3.75. The zero-order valence-electron chi connectivity index (χ0n) is 13.2. The van der Waals surface area contributed by atoms with E-state index in [0.717, 1.165) is 0 Å². The zero-order chi connectivity index (χ0) is 17.6. The monoisotopic (exact) mass is 355 g/mol. The molecule has 0 unspecified atom stereocenters. The van der Waals surface area contributed by atoms with Gasteiger partial charge in [0.2, 0.25) is 0 Å². The molecule has 1 aromatic heterocycles. The number of hydrogen-bond donors (Lipinski definition) is 2. The summed E-state index contributed by atoms with van der Waals surface area (Å²) < 4.78 is 13.6. The fraction of sp³-hybridized carbons (Fsp3) is 0.0526. The maximum Gasteiger partial charge on any atom is 0.274 e. The highest BCUT2D eigenvalue weighted by molar-refractivity contribution is 6.30. The van der Waals surface area contributed by atoms with Gasteiger partial charge in [-0.3, -0.25) is 9.78 Å². The summed E-state index contributed by atoms with van der Waals surface area (Å²) in [6.07, 6.45) is 1.52. The van der Waals surface area contributed by atoms with E-state index in [1.807, 2.05) is 0 Å². The van der Waals surface area contributed by atoms with Crippen molar-refractivity contribution in [1.29, 1.82) is 0 Å². The van der Waals surface area contributed by atoms with Crippen LogP contribution in [0.25, 0.3) is 0 Å². The molecule has 4 nitrogen and oxygen atoms in total. The molecule has 0 radical (unpaired) electrons. The first-order valence-electron chi connectivity index (χ1n) is 7.62. The molecule has 2 aromatic carbocycles. The molecule has 126 valence electrons. The molecule has 0 aliphatic heterocycles. The largest absolute Gasteiger partial charge is 0.381 e. The third kappa shape index (κ3) is 4.55. The first-order chi connectivity index (χ1) is 12.1. The molecule has 3 rings (SSSR count). The van der Waals surface area contributed by atoms with Gasteiger partial charge in [-0.2, -0.15) is 0 Å². The normalized spacial score (nSPS) is 10.3. The summed E-state index contributed by atoms with van der Waals surface area (Å²) in [5.41, 5.74) is 2.06. The second kappa shape index (κ2) is 7.77. The molecule has 0 saturated heterocycles. The van der Waals surface area contributed by atoms with E-state index >= 15 is 0 Å². The Balaban J connectivity index is 1.68. The predicted octanol–water partition coefficient (Wildman–Crippen LogP) is 4.74. The second-order valence-electron chi connectivity index (χ2n) is 5.34. The van der Waals surface area contributed by atoms with Crippen LogP contribution in [0, 0.1) is 5.82 Å². The smallest absolute Gasteiger partial charge is 0.274 e. The van der Waals surface area contributed by atoms with Crippen molar-refractivity contribution in [1.82, 2.24) is 4.98 Å². The van der Waals surface area contributed by atoms with Gasteiger partial charge in [0.15, 0.2) is 0 Å². The first-order valence-corrected chi connectivity index (χ1v) is 8.00. The van der Waals surface area contributed by atoms with Gasteiger partial charge in [0.25, 0.3) is 5.91 Å². The molecule has 0 fully saturated rings. The van der Waals surface area contributed by atoms with Crippen LogP contribution in [0.5, 0.6) is 0 Å². The fourth-order valence-corrected chi connectivity index (χ4v) is 2.46. The van der Waals surface area contributed by atoms with E-state index in [1.165, 1.54) is 12.3 Å². The first kappa shape index (κ1) is 16.9. The molecule has 2 N–H and O–H groups in total. The Morgan fingerprint density at radius 1 is 1.04 bits per heavy atom. The lowest BCUT2D eigenvalue weighted by molar-refractivity contribution is 0.102. The summed E-state index contributed by atoms with van der Waals surface area (Å²) >= 11 is 5.90. The zero-order valence-corrected chi connectivity index (χ0v) is 13.9. The quantitative estimate of drug-likeness (QED) is 0.695. The maximum atomic E-state index is 13.6. The van der Waals surface area contributed by atoms with Crippen molar-refractivity contribution in [3.63, 3.8) is 0 Å². The van der Waals surface area contributed by atoms with Gasteiger partial charge < -0.3 is 10.6 Å². The van der Waals surface area contributed by atoms with E-state index in [2.05, 4.69) is 15.6 Å². The molecule has 3 aromatic rings. The molecule has 0 saturated carbocycles. The molecule has 25 heavy (non-hydrogen) atoms. The van der Waals surface area contributed by atoms with Gasteiger partial charge in [0.05, 0.1) is 0 Å². The Kier molecular flexibility index (Phi) is 5.26. The number of hydrogen-bond acceptors (Lipinski definition) is 3. The summed E-state index contributed by atoms with van der Waals surface area (Å²) in [7, 11) is 0. The van der Waals surface area contributed by atoms with Crippen LogP contribution in [0.1, 0.15) is 16.1 Å². The summed E-state index contributed by atoms with van der Waals surface area (Å²) in [4.78, 5) is 16.4. The molecular weight excluding hydrogens is 341 g/mol. The number of rotatable bonds is 5. The predicted molar refractivity (Wildman–Crippen MR) is 97.4 cm³/mol. The van der Waals surface area contributed by atoms with Gasteiger partial charge in [-0.25, -0.2) is 4.39 Å². The number of anilines is 2. The highest BCUT2D eigenvalue weighted by Crippen LogP contribution is 2.17. The van der Waals surface area contributed by atoms with Gasteiger partial charge >= 0.3 is 0 Å². The number of amides is 1. The number of pyridine rings is 1. The number of nitrogens with zero attached hydrogens (tertiary/aromatic N) is 1. The molecule has 0 bridgehead atoms. The van der Waals surface area contributed by atoms with Crippen molar-refractivity contribution in [3.05, 3.63) is 89.0 Å². The van der Waals surface area contributed by atoms with Crippen LogP contribution in [0.15, 0.2) is 66.9 Å². The average molecular weight is 356 g/mol. The maximum absolute atomic E-state index is 13.6. The van der Waals surface area contributed by atoms with Gasteiger partial charge in [-0.15, -0.1) is 0 Å². The lowest BCUT2D eigenvalue weighted by Gasteiger charge is -2.09. The third-order valence-electron chi connectivity index (χ3n) is 3.52. The minimum Gasteiger partial charge on any atom is -0.381 e. The molecule has 1 heterocycles. The SMILES string of the molecule is O=C(Nc1cccc(Cl)c1)c1cc(NCc2ccccc2F)ccn1. The van der Waals surface area contributed by atoms with E-state index in [1.54, 1.807) is 54.6 Å². The minimum absolute atomic E-state index is 0.249. The summed E-state index contributed by atoms with van der Waals surface area (Å²) in [6.45, 7) is 0.312.